The second kappa shape index (κ2) is 5.50. The number of hydrogen-bond donors (Lipinski definition) is 1. The SMILES string of the molecule is CC1=CC(C)CC(CNCc2cc(C)on2)C1. The average Bonchev–Trinajstić information content (AvgIpc) is 2.63. The molecule has 2 atom stereocenters. The minimum absolute atomic E-state index is 0.727. The van der Waals surface area contributed by atoms with Gasteiger partial charge in [0.25, 0.3) is 0 Å². The number of aryl methyl sites for hydroxylation is 1. The van der Waals surface area contributed by atoms with Crippen molar-refractivity contribution in [3.05, 3.63) is 29.2 Å². The van der Waals surface area contributed by atoms with E-state index in [9.17, 15) is 0 Å². The van der Waals surface area contributed by atoms with Crippen molar-refractivity contribution < 1.29 is 4.52 Å². The van der Waals surface area contributed by atoms with Gasteiger partial charge in [-0.15, -0.1) is 0 Å². The van der Waals surface area contributed by atoms with Gasteiger partial charge in [-0.25, -0.2) is 0 Å². The molecule has 0 spiro atoms. The Bertz CT molecular complexity index is 395. The molecule has 1 N–H and O–H groups in total. The summed E-state index contributed by atoms with van der Waals surface area (Å²) in [6.07, 6.45) is 4.93. The van der Waals surface area contributed by atoms with Crippen LogP contribution in [0.2, 0.25) is 0 Å². The molecule has 2 rings (SSSR count). The van der Waals surface area contributed by atoms with E-state index in [1.165, 1.54) is 18.4 Å². The predicted octanol–water partition coefficient (Wildman–Crippen LogP) is 3.07. The molecule has 1 aliphatic rings. The number of rotatable bonds is 4. The lowest BCUT2D eigenvalue weighted by Crippen LogP contribution is -2.26. The Morgan fingerprint density at radius 1 is 1.47 bits per heavy atom. The van der Waals surface area contributed by atoms with Crippen LogP contribution in [0.3, 0.4) is 0 Å². The van der Waals surface area contributed by atoms with E-state index in [1.54, 1.807) is 0 Å². The summed E-state index contributed by atoms with van der Waals surface area (Å²) in [6.45, 7) is 8.35. The minimum Gasteiger partial charge on any atom is -0.361 e. The Labute approximate surface area is 103 Å². The highest BCUT2D eigenvalue weighted by Crippen LogP contribution is 2.27. The molecule has 0 amide bonds. The molecule has 1 heterocycles. The van der Waals surface area contributed by atoms with Crippen LogP contribution in [0.5, 0.6) is 0 Å². The summed E-state index contributed by atoms with van der Waals surface area (Å²) in [5.41, 5.74) is 2.53. The first-order valence-corrected chi connectivity index (χ1v) is 6.43. The van der Waals surface area contributed by atoms with Gasteiger partial charge in [-0.2, -0.15) is 0 Å². The van der Waals surface area contributed by atoms with Gasteiger partial charge in [-0.1, -0.05) is 23.7 Å². The molecule has 17 heavy (non-hydrogen) atoms. The third-order valence-corrected chi connectivity index (χ3v) is 3.30. The maximum absolute atomic E-state index is 5.04. The zero-order valence-corrected chi connectivity index (χ0v) is 11.0. The Kier molecular flexibility index (Phi) is 4.00. The van der Waals surface area contributed by atoms with E-state index in [1.807, 2.05) is 13.0 Å². The molecule has 1 aromatic heterocycles. The zero-order chi connectivity index (χ0) is 12.3. The van der Waals surface area contributed by atoms with Crippen molar-refractivity contribution >= 4 is 0 Å². The van der Waals surface area contributed by atoms with Crippen molar-refractivity contribution in [3.63, 3.8) is 0 Å². The zero-order valence-electron chi connectivity index (χ0n) is 11.0. The van der Waals surface area contributed by atoms with Gasteiger partial charge in [0.2, 0.25) is 0 Å². The molecule has 0 saturated carbocycles. The van der Waals surface area contributed by atoms with E-state index < -0.39 is 0 Å². The Morgan fingerprint density at radius 2 is 2.29 bits per heavy atom. The highest BCUT2D eigenvalue weighted by molar-refractivity contribution is 5.07. The first-order valence-electron chi connectivity index (χ1n) is 6.43. The van der Waals surface area contributed by atoms with Crippen LogP contribution in [0.15, 0.2) is 22.2 Å². The van der Waals surface area contributed by atoms with Crippen LogP contribution >= 0.6 is 0 Å². The Hall–Kier alpha value is -1.09. The van der Waals surface area contributed by atoms with Gasteiger partial charge in [-0.3, -0.25) is 0 Å². The molecule has 1 aromatic rings. The van der Waals surface area contributed by atoms with Gasteiger partial charge in [0.15, 0.2) is 0 Å². The summed E-state index contributed by atoms with van der Waals surface area (Å²) in [5.74, 6) is 2.37. The van der Waals surface area contributed by atoms with Crippen LogP contribution in [-0.4, -0.2) is 11.7 Å². The molecule has 2 unspecified atom stereocenters. The van der Waals surface area contributed by atoms with E-state index in [0.29, 0.717) is 0 Å². The highest BCUT2D eigenvalue weighted by atomic mass is 16.5. The van der Waals surface area contributed by atoms with Gasteiger partial charge in [0.1, 0.15) is 5.76 Å². The molecule has 3 heteroatoms. The average molecular weight is 234 g/mol. The third-order valence-electron chi connectivity index (χ3n) is 3.30. The molecule has 0 aliphatic heterocycles. The van der Waals surface area contributed by atoms with Gasteiger partial charge in [0, 0.05) is 12.6 Å². The van der Waals surface area contributed by atoms with E-state index in [-0.39, 0.29) is 0 Å². The van der Waals surface area contributed by atoms with Crippen LogP contribution in [0.4, 0.5) is 0 Å². The quantitative estimate of drug-likeness (QED) is 0.814. The number of hydrogen-bond acceptors (Lipinski definition) is 3. The number of allylic oxidation sites excluding steroid dienone is 2. The molecule has 3 nitrogen and oxygen atoms in total. The second-order valence-electron chi connectivity index (χ2n) is 5.36. The van der Waals surface area contributed by atoms with Gasteiger partial charge in [0.05, 0.1) is 5.69 Å². The molecular weight excluding hydrogens is 212 g/mol. The maximum Gasteiger partial charge on any atom is 0.133 e. The van der Waals surface area contributed by atoms with E-state index in [4.69, 9.17) is 4.52 Å². The molecule has 0 bridgehead atoms. The van der Waals surface area contributed by atoms with E-state index >= 15 is 0 Å². The summed E-state index contributed by atoms with van der Waals surface area (Å²) in [5, 5.41) is 7.46. The molecular formula is C14H22N2O. The summed E-state index contributed by atoms with van der Waals surface area (Å²) in [6, 6.07) is 1.99. The smallest absolute Gasteiger partial charge is 0.133 e. The molecule has 94 valence electrons. The first-order chi connectivity index (χ1) is 8.13. The number of nitrogens with zero attached hydrogens (tertiary/aromatic N) is 1. The van der Waals surface area contributed by atoms with Crippen molar-refractivity contribution in [3.8, 4) is 0 Å². The molecule has 1 aliphatic carbocycles. The van der Waals surface area contributed by atoms with Gasteiger partial charge in [-0.05, 0) is 45.1 Å². The lowest BCUT2D eigenvalue weighted by Gasteiger charge is -2.25. The van der Waals surface area contributed by atoms with Gasteiger partial charge < -0.3 is 9.84 Å². The monoisotopic (exact) mass is 234 g/mol. The van der Waals surface area contributed by atoms with Crippen LogP contribution in [0.1, 0.15) is 38.1 Å². The largest absolute Gasteiger partial charge is 0.361 e. The lowest BCUT2D eigenvalue weighted by atomic mass is 9.84. The number of aromatic nitrogens is 1. The van der Waals surface area contributed by atoms with Crippen molar-refractivity contribution in [1.29, 1.82) is 0 Å². The standard InChI is InChI=1S/C14H22N2O/c1-10-4-11(2)6-13(5-10)8-15-9-14-7-12(3)17-16-14/h4,7,10,13,15H,5-6,8-9H2,1-3H3. The summed E-state index contributed by atoms with van der Waals surface area (Å²) in [7, 11) is 0. The Balaban J connectivity index is 1.74. The summed E-state index contributed by atoms with van der Waals surface area (Å²) >= 11 is 0. The van der Waals surface area contributed by atoms with Crippen LogP contribution in [-0.2, 0) is 6.54 Å². The van der Waals surface area contributed by atoms with Crippen molar-refractivity contribution in [2.24, 2.45) is 11.8 Å². The minimum atomic E-state index is 0.727. The fourth-order valence-corrected chi connectivity index (χ4v) is 2.75. The van der Waals surface area contributed by atoms with Crippen LogP contribution in [0, 0.1) is 18.8 Å². The first kappa shape index (κ1) is 12.4. The molecule has 0 aromatic carbocycles. The van der Waals surface area contributed by atoms with Crippen LogP contribution < -0.4 is 5.32 Å². The lowest BCUT2D eigenvalue weighted by molar-refractivity contribution is 0.369. The summed E-state index contributed by atoms with van der Waals surface area (Å²) < 4.78 is 5.04. The fourth-order valence-electron chi connectivity index (χ4n) is 2.75. The van der Waals surface area contributed by atoms with Crippen molar-refractivity contribution in [1.82, 2.24) is 10.5 Å². The normalized spacial score (nSPS) is 24.8. The van der Waals surface area contributed by atoms with Gasteiger partial charge >= 0.3 is 0 Å². The van der Waals surface area contributed by atoms with Crippen LogP contribution in [0.25, 0.3) is 0 Å². The Morgan fingerprint density at radius 3 is 2.94 bits per heavy atom. The summed E-state index contributed by atoms with van der Waals surface area (Å²) in [4.78, 5) is 0. The van der Waals surface area contributed by atoms with E-state index in [2.05, 4.69) is 30.4 Å². The highest BCUT2D eigenvalue weighted by Gasteiger charge is 2.17. The molecule has 0 saturated heterocycles. The molecule has 0 fully saturated rings. The fraction of sp³-hybridized carbons (Fsp3) is 0.643. The predicted molar refractivity (Wildman–Crippen MR) is 68.6 cm³/mol. The van der Waals surface area contributed by atoms with Crippen molar-refractivity contribution in [2.45, 2.75) is 40.2 Å². The maximum atomic E-state index is 5.04. The van der Waals surface area contributed by atoms with E-state index in [0.717, 1.165) is 36.4 Å². The van der Waals surface area contributed by atoms with Crippen molar-refractivity contribution in [2.75, 3.05) is 6.54 Å². The molecule has 0 radical (unpaired) electrons. The topological polar surface area (TPSA) is 38.1 Å². The second-order valence-corrected chi connectivity index (χ2v) is 5.36. The third kappa shape index (κ3) is 3.70. The number of nitrogens with one attached hydrogen (secondary N) is 1.